The number of carbonyl (C=O) groups excluding carboxylic acids is 3. The highest BCUT2D eigenvalue weighted by molar-refractivity contribution is 5.92. The lowest BCUT2D eigenvalue weighted by atomic mass is 9.74. The van der Waals surface area contributed by atoms with Crippen LogP contribution in [-0.4, -0.2) is 188 Å². The number of pyridine rings is 1. The number of carboxylic acids is 1. The molecule has 1 unspecified atom stereocenters. The third-order valence-corrected chi connectivity index (χ3v) is 17.4. The van der Waals surface area contributed by atoms with Crippen molar-refractivity contribution < 1.29 is 76.8 Å². The number of likely N-dealkylation sites (N-methyl/N-ethyl adjacent to an activating group) is 1. The average molecular weight is 1100 g/mol. The van der Waals surface area contributed by atoms with Crippen LogP contribution in [0.4, 0.5) is 4.79 Å². The van der Waals surface area contributed by atoms with E-state index in [0.717, 1.165) is 25.1 Å². The van der Waals surface area contributed by atoms with E-state index in [2.05, 4.69) is 4.90 Å². The molecule has 0 saturated carbocycles. The van der Waals surface area contributed by atoms with Crippen molar-refractivity contribution in [1.82, 2.24) is 14.4 Å². The molecule has 0 radical (unpaired) electrons. The number of hydrogen-bond donors (Lipinski definition) is 2. The van der Waals surface area contributed by atoms with E-state index in [1.807, 2.05) is 85.8 Å². The van der Waals surface area contributed by atoms with Crippen LogP contribution in [0.1, 0.15) is 131 Å². The summed E-state index contributed by atoms with van der Waals surface area (Å²) in [5, 5.41) is 21.9. The molecule has 2 N–H and O–H groups in total. The van der Waals surface area contributed by atoms with Gasteiger partial charge in [0.1, 0.15) is 29.7 Å². The molecular formula is C58H91N3O17. The maximum absolute atomic E-state index is 14.8. The molecule has 0 bridgehead atoms. The second kappa shape index (κ2) is 26.2. The number of carbonyl (C=O) groups is 4. The summed E-state index contributed by atoms with van der Waals surface area (Å²) in [7, 11) is 8.98. The number of esters is 1. The second-order valence-electron chi connectivity index (χ2n) is 23.5. The molecule has 0 spiro atoms. The van der Waals surface area contributed by atoms with Gasteiger partial charge in [-0.1, -0.05) is 33.8 Å². The molecule has 18 atom stereocenters. The summed E-state index contributed by atoms with van der Waals surface area (Å²) in [6, 6.07) is 5.39. The molecule has 6 rings (SSSR count). The highest BCUT2D eigenvalue weighted by Gasteiger charge is 2.60. The van der Waals surface area contributed by atoms with Gasteiger partial charge >= 0.3 is 18.1 Å². The molecule has 0 amide bonds. The van der Waals surface area contributed by atoms with Gasteiger partial charge in [0.2, 0.25) is 5.43 Å². The summed E-state index contributed by atoms with van der Waals surface area (Å²) in [6.45, 7) is 22.5. The van der Waals surface area contributed by atoms with Gasteiger partial charge < -0.3 is 71.9 Å². The first-order chi connectivity index (χ1) is 36.7. The number of carboxylic acid groups (broad SMARTS) is 1. The van der Waals surface area contributed by atoms with Crippen molar-refractivity contribution in [3.05, 3.63) is 45.7 Å². The number of aliphatic hydroxyl groups excluding tert-OH is 1. The van der Waals surface area contributed by atoms with Crippen LogP contribution in [-0.2, 0) is 69.9 Å². The number of methoxy groups -OCH3 is 2. The van der Waals surface area contributed by atoms with Crippen LogP contribution in [0.15, 0.2) is 29.2 Å². The number of aliphatic hydroxyl groups is 1. The van der Waals surface area contributed by atoms with E-state index in [-0.39, 0.29) is 42.8 Å². The van der Waals surface area contributed by atoms with Gasteiger partial charge in [0.25, 0.3) is 0 Å². The van der Waals surface area contributed by atoms with Crippen LogP contribution < -0.4 is 5.43 Å². The smallest absolute Gasteiger partial charge is 0.477 e. The summed E-state index contributed by atoms with van der Waals surface area (Å²) in [6.07, 6.45) is -4.77. The highest BCUT2D eigenvalue weighted by atomic mass is 16.8. The van der Waals surface area contributed by atoms with E-state index in [9.17, 15) is 34.2 Å². The lowest BCUT2D eigenvalue weighted by Crippen LogP contribution is -2.61. The SMILES string of the molecule is CC[C@@H]1OC(=O)[C@H](C)[C@H](O[C@@H]2C[C@](C)(OC)[C@H](OCCCN(C)CCCc3ccc4c(c3)c(=O)c(C(=O)O)cn4CC)[C@H](C)O2)[C@@H](C)[C@H](O[C@H]2O[C@@H](C)C[C@@H](N(C)C)[C@H]2O)[C@](C)(OC)C[C@H](C)C(=O)[C@@H](C)C2OC(=O)O[C@]21C. The minimum atomic E-state index is -1.50. The standard InChI is InChI=1S/C58H91N3O17/c1-17-43-58(11)50(77-55(68)78-58)34(5)45(62)32(3)29-56(9,69-15)49(76-54-47(64)42(59(12)13)27-33(4)72-54)35(6)48(36(7)53(67)74-43)75-44-30-57(10,70-16)51(37(8)73-44)71-26-20-25-60(14)24-19-21-38-22-23-41-39(28-38)46(63)40(52(65)66)31-61(41)18-2/h22-23,28,31-37,42-44,47-51,54,64H,17-21,24-27,29-30H2,1-16H3,(H,65,66)/t32-,33-,34+,35+,36+,37-,42+,43-,44+,47+,48+,49-,50?,51+,54+,56+,57-,58-/m0/s1. The number of aromatic carboxylic acids is 1. The molecular weight excluding hydrogens is 1010 g/mol. The number of fused-ring (bicyclic) bond motifs is 2. The predicted molar refractivity (Wildman–Crippen MR) is 289 cm³/mol. The van der Waals surface area contributed by atoms with Crippen LogP contribution in [0.5, 0.6) is 0 Å². The monoisotopic (exact) mass is 1100 g/mol. The van der Waals surface area contributed by atoms with Gasteiger partial charge in [-0.3, -0.25) is 14.4 Å². The van der Waals surface area contributed by atoms with Crippen LogP contribution in [0, 0.1) is 23.7 Å². The number of nitrogens with zero attached hydrogens (tertiary/aromatic N) is 3. The molecule has 4 saturated heterocycles. The van der Waals surface area contributed by atoms with E-state index < -0.39 is 119 Å². The van der Waals surface area contributed by atoms with Crippen molar-refractivity contribution in [2.75, 3.05) is 55.1 Å². The zero-order chi connectivity index (χ0) is 57.8. The predicted octanol–water partition coefficient (Wildman–Crippen LogP) is 6.63. The normalized spacial score (nSPS) is 37.2. The van der Waals surface area contributed by atoms with Gasteiger partial charge in [0, 0.05) is 69.8 Å². The lowest BCUT2D eigenvalue weighted by molar-refractivity contribution is -0.322. The molecule has 20 heteroatoms. The van der Waals surface area contributed by atoms with Crippen LogP contribution in [0.2, 0.25) is 0 Å². The molecule has 1 aromatic carbocycles. The van der Waals surface area contributed by atoms with Crippen molar-refractivity contribution in [3.8, 4) is 0 Å². The van der Waals surface area contributed by atoms with E-state index in [4.69, 9.17) is 47.4 Å². The third-order valence-electron chi connectivity index (χ3n) is 17.4. The topological polar surface area (TPSA) is 230 Å². The highest BCUT2D eigenvalue weighted by Crippen LogP contribution is 2.44. The molecule has 4 aliphatic rings. The van der Waals surface area contributed by atoms with Crippen LogP contribution >= 0.6 is 0 Å². The summed E-state index contributed by atoms with van der Waals surface area (Å²) in [5.74, 6) is -5.40. The van der Waals surface area contributed by atoms with Gasteiger partial charge in [0.05, 0.1) is 53.0 Å². The van der Waals surface area contributed by atoms with E-state index in [0.29, 0.717) is 43.3 Å². The summed E-state index contributed by atoms with van der Waals surface area (Å²) in [4.78, 5) is 71.3. The summed E-state index contributed by atoms with van der Waals surface area (Å²) >= 11 is 0. The van der Waals surface area contributed by atoms with Crippen molar-refractivity contribution in [2.45, 2.75) is 212 Å². The summed E-state index contributed by atoms with van der Waals surface area (Å²) in [5.41, 5.74) is -2.74. The quantitative estimate of drug-likeness (QED) is 0.111. The number of hydrogen-bond acceptors (Lipinski definition) is 18. The Morgan fingerprint density at radius 2 is 1.53 bits per heavy atom. The molecule has 1 aromatic heterocycles. The Balaban J connectivity index is 1.20. The average Bonchev–Trinajstić information content (AvgIpc) is 3.79. The third kappa shape index (κ3) is 13.6. The fraction of sp³-hybridized carbons (Fsp3) is 0.776. The van der Waals surface area contributed by atoms with Crippen molar-refractivity contribution in [2.24, 2.45) is 23.7 Å². The van der Waals surface area contributed by atoms with E-state index >= 15 is 0 Å². The van der Waals surface area contributed by atoms with Crippen molar-refractivity contribution >= 4 is 34.8 Å². The Morgan fingerprint density at radius 1 is 0.859 bits per heavy atom. The number of cyclic esters (lactones) is 1. The molecule has 4 fully saturated rings. The zero-order valence-electron chi connectivity index (χ0n) is 49.1. The molecule has 5 heterocycles. The van der Waals surface area contributed by atoms with Gasteiger partial charge in [0.15, 0.2) is 24.3 Å². The number of aromatic nitrogens is 1. The second-order valence-corrected chi connectivity index (χ2v) is 23.5. The first-order valence-corrected chi connectivity index (χ1v) is 28.1. The Bertz CT molecular complexity index is 2450. The Hall–Kier alpha value is -4.09. The Labute approximate surface area is 460 Å². The van der Waals surface area contributed by atoms with Crippen LogP contribution in [0.25, 0.3) is 10.9 Å². The molecule has 78 heavy (non-hydrogen) atoms. The lowest BCUT2D eigenvalue weighted by Gasteiger charge is -2.50. The molecule has 2 aromatic rings. The number of Topliss-reactive ketones (excluding diaryl/α,β-unsaturated/α-hetero) is 1. The number of ether oxygens (including phenoxy) is 10. The number of aryl methyl sites for hydroxylation is 2. The minimum Gasteiger partial charge on any atom is -0.477 e. The van der Waals surface area contributed by atoms with Crippen LogP contribution in [0.3, 0.4) is 0 Å². The fourth-order valence-electron chi connectivity index (χ4n) is 12.7. The van der Waals surface area contributed by atoms with Crippen molar-refractivity contribution in [3.63, 3.8) is 0 Å². The first-order valence-electron chi connectivity index (χ1n) is 28.1. The fourth-order valence-corrected chi connectivity index (χ4v) is 12.7. The molecule has 0 aliphatic carbocycles. The van der Waals surface area contributed by atoms with Gasteiger partial charge in [-0.15, -0.1) is 0 Å². The van der Waals surface area contributed by atoms with Gasteiger partial charge in [-0.25, -0.2) is 9.59 Å². The van der Waals surface area contributed by atoms with E-state index in [1.165, 1.54) is 13.3 Å². The molecule has 20 nitrogen and oxygen atoms in total. The Kier molecular flexibility index (Phi) is 21.2. The van der Waals surface area contributed by atoms with Gasteiger partial charge in [-0.2, -0.15) is 0 Å². The molecule has 440 valence electrons. The molecule has 4 aliphatic heterocycles. The number of ketones is 1. The minimum absolute atomic E-state index is 0.124. The Morgan fingerprint density at radius 3 is 2.15 bits per heavy atom. The van der Waals surface area contributed by atoms with Gasteiger partial charge in [-0.05, 0) is 132 Å². The zero-order valence-corrected chi connectivity index (χ0v) is 49.1. The maximum Gasteiger partial charge on any atom is 0.509 e. The van der Waals surface area contributed by atoms with Crippen molar-refractivity contribution in [1.29, 1.82) is 0 Å². The number of benzene rings is 1. The number of rotatable bonds is 19. The maximum atomic E-state index is 14.8. The first kappa shape index (κ1) is 63.1. The summed E-state index contributed by atoms with van der Waals surface area (Å²) < 4.78 is 66.1. The van der Waals surface area contributed by atoms with E-state index in [1.54, 1.807) is 46.3 Å². The largest absolute Gasteiger partial charge is 0.509 e.